The van der Waals surface area contributed by atoms with Crippen molar-refractivity contribution in [3.8, 4) is 12.3 Å². The molecule has 5 aromatic rings. The number of aliphatic imine (C=N–C) groups is 1. The van der Waals surface area contributed by atoms with Gasteiger partial charge in [0, 0.05) is 59.5 Å². The number of aliphatic hydroxyl groups excluding tert-OH is 3. The lowest BCUT2D eigenvalue weighted by Gasteiger charge is -2.29. The predicted octanol–water partition coefficient (Wildman–Crippen LogP) is 1.73. The van der Waals surface area contributed by atoms with Crippen LogP contribution in [0, 0.1) is 18.3 Å². The smallest absolute Gasteiger partial charge is 0.245 e. The number of hydrogen-bond acceptors (Lipinski definition) is 15. The Morgan fingerprint density at radius 3 is 2.11 bits per heavy atom. The number of nitrogens with one attached hydrogen (secondary N) is 9. The van der Waals surface area contributed by atoms with Crippen LogP contribution in [0.25, 0.3) is 10.9 Å². The summed E-state index contributed by atoms with van der Waals surface area (Å²) in [5, 5.41) is 54.8. The van der Waals surface area contributed by atoms with Gasteiger partial charge in [-0.1, -0.05) is 113 Å². The molecule has 0 bridgehead atoms. The largest absolute Gasteiger partial charge is 0.394 e. The summed E-state index contributed by atoms with van der Waals surface area (Å²) < 4.78 is 0. The quantitative estimate of drug-likeness (QED) is 0.0338. The van der Waals surface area contributed by atoms with Crippen molar-refractivity contribution in [2.75, 3.05) is 24.7 Å². The van der Waals surface area contributed by atoms with Crippen LogP contribution in [0.1, 0.15) is 67.9 Å². The van der Waals surface area contributed by atoms with Crippen molar-refractivity contribution in [1.82, 2.24) is 47.5 Å². The number of aromatic amines is 1. The second-order valence-electron chi connectivity index (χ2n) is 21.2. The van der Waals surface area contributed by atoms with Crippen molar-refractivity contribution < 1.29 is 48.9 Å². The molecule has 0 saturated carbocycles. The molecule has 23 heteroatoms. The van der Waals surface area contributed by atoms with E-state index in [0.29, 0.717) is 30.5 Å². The highest BCUT2D eigenvalue weighted by molar-refractivity contribution is 8.76. The molecule has 0 aliphatic carbocycles. The number of aromatic nitrogens is 1. The van der Waals surface area contributed by atoms with E-state index in [1.807, 2.05) is 60.7 Å². The molecule has 7 amide bonds. The third-order valence-electron chi connectivity index (χ3n) is 14.6. The Labute approximate surface area is 496 Å². The maximum absolute atomic E-state index is 15.1. The van der Waals surface area contributed by atoms with Gasteiger partial charge < -0.3 is 68.6 Å². The average molecular weight is 1190 g/mol. The van der Waals surface area contributed by atoms with Crippen molar-refractivity contribution in [2.24, 2.45) is 16.6 Å². The highest BCUT2D eigenvalue weighted by atomic mass is 33.1. The molecule has 1 saturated heterocycles. The van der Waals surface area contributed by atoms with Gasteiger partial charge >= 0.3 is 0 Å². The van der Waals surface area contributed by atoms with E-state index in [0.717, 1.165) is 67.1 Å². The summed E-state index contributed by atoms with van der Waals surface area (Å²) in [6.07, 6.45) is 6.11. The number of benzene rings is 4. The first-order chi connectivity index (χ1) is 40.4. The molecule has 11 atom stereocenters. The number of H-pyrrole nitrogens is 1. The zero-order valence-corrected chi connectivity index (χ0v) is 48.8. The Balaban J connectivity index is 1.22. The molecule has 0 spiro atoms. The van der Waals surface area contributed by atoms with Gasteiger partial charge in [0.15, 0.2) is 0 Å². The van der Waals surface area contributed by atoms with Gasteiger partial charge in [-0.3, -0.25) is 33.6 Å². The first kappa shape index (κ1) is 63.9. The first-order valence-electron chi connectivity index (χ1n) is 28.1. The molecule has 84 heavy (non-hydrogen) atoms. The highest BCUT2D eigenvalue weighted by Gasteiger charge is 2.37. The Morgan fingerprint density at radius 2 is 1.42 bits per heavy atom. The zero-order valence-electron chi connectivity index (χ0n) is 47.1. The molecule has 2 aliphatic rings. The molecule has 3 heterocycles. The van der Waals surface area contributed by atoms with Gasteiger partial charge in [-0.25, -0.2) is 4.99 Å². The Morgan fingerprint density at radius 1 is 0.774 bits per heavy atom. The normalized spacial score (nSPS) is 22.6. The minimum Gasteiger partial charge on any atom is -0.394 e. The molecule has 0 radical (unpaired) electrons. The lowest BCUT2D eigenvalue weighted by atomic mass is 9.94. The first-order valence-corrected chi connectivity index (χ1v) is 30.5. The number of rotatable bonds is 18. The van der Waals surface area contributed by atoms with E-state index in [9.17, 15) is 44.1 Å². The molecule has 446 valence electrons. The van der Waals surface area contributed by atoms with Crippen molar-refractivity contribution >= 4 is 85.4 Å². The minimum absolute atomic E-state index is 0.0104. The van der Waals surface area contributed by atoms with Gasteiger partial charge in [0.05, 0.1) is 36.6 Å². The van der Waals surface area contributed by atoms with Gasteiger partial charge in [0.2, 0.25) is 41.4 Å². The minimum atomic E-state index is -1.70. The number of carbonyl (C=O) groups is 7. The molecule has 1 aromatic heterocycles. The number of terminal acetylenes is 1. The maximum atomic E-state index is 15.1. The summed E-state index contributed by atoms with van der Waals surface area (Å²) in [6.45, 7) is 4.45. The van der Waals surface area contributed by atoms with E-state index in [4.69, 9.17) is 17.1 Å². The van der Waals surface area contributed by atoms with Crippen molar-refractivity contribution in [3.63, 3.8) is 0 Å². The lowest BCUT2D eigenvalue weighted by molar-refractivity contribution is -0.136. The Kier molecular flexibility index (Phi) is 23.8. The van der Waals surface area contributed by atoms with Gasteiger partial charge in [0.1, 0.15) is 42.1 Å². The van der Waals surface area contributed by atoms with Crippen molar-refractivity contribution in [3.05, 3.63) is 137 Å². The number of fused-ring (bicyclic) bond motifs is 2. The number of unbranched alkanes of at least 4 members (excludes halogenated alkanes) is 1. The molecule has 1 fully saturated rings. The molecule has 2 aliphatic heterocycles. The standard InChI is InChI=1S/C61H75N11O10S2/c1-5-38-23-24-45-41(27-38)26-35(2)54(65-45)63-25-15-14-22-47-56(77)72-53(37(4)75)61(82)71-52(60(81)69-50(32-73)36(3)74)34-84-83-33-51(70-55(76)44(62)28-39-16-8-6-9-17-39)59(80)67-48(29-40-18-10-7-11-19-40)57(78)68-49(58(79)66-47)30-42-31-64-46-21-13-12-20-43(42)46/h1,6-13,16-21,23-24,27,31,35-37,44,47-53,64,73-75H,14-15,22,25-26,28-30,32-34,62H2,2-4H3,(H,63,65)(H,66,79)(H,67,80)(H,68,78)(H,69,81)(H,70,76)(H,71,82)(H,72,77)/t35?,36?,37-,44-,47+,48+,49-,50?,51+,52+,53+/m1/s1. The monoisotopic (exact) mass is 1190 g/mol. The van der Waals surface area contributed by atoms with E-state index < -0.39 is 108 Å². The fourth-order valence-electron chi connectivity index (χ4n) is 9.75. The van der Waals surface area contributed by atoms with E-state index in [1.54, 1.807) is 48.7 Å². The number of nitrogens with two attached hydrogens (primary N) is 1. The fourth-order valence-corrected chi connectivity index (χ4v) is 12.1. The molecule has 3 unspecified atom stereocenters. The lowest BCUT2D eigenvalue weighted by Crippen LogP contribution is -2.62. The van der Waals surface area contributed by atoms with Crippen molar-refractivity contribution in [1.29, 1.82) is 0 Å². The Bertz CT molecular complexity index is 3160. The number of para-hydroxylation sites is 1. The van der Waals surface area contributed by atoms with Gasteiger partial charge in [0.25, 0.3) is 0 Å². The third kappa shape index (κ3) is 18.1. The zero-order chi connectivity index (χ0) is 60.3. The van der Waals surface area contributed by atoms with Crippen LogP contribution >= 0.6 is 21.6 Å². The topological polar surface area (TPSA) is 331 Å². The molecular formula is C61H75N11O10S2. The summed E-state index contributed by atoms with van der Waals surface area (Å²) in [6, 6.07) is 20.1. The fraction of sp³-hybridized carbons (Fsp3) is 0.410. The third-order valence-corrected chi connectivity index (χ3v) is 17.0. The molecule has 21 nitrogen and oxygen atoms in total. The summed E-state index contributed by atoms with van der Waals surface area (Å²) in [7, 11) is 2.06. The molecule has 7 rings (SSSR count). The number of aliphatic hydroxyl groups is 3. The highest BCUT2D eigenvalue weighted by Crippen LogP contribution is 2.29. The van der Waals surface area contributed by atoms with Gasteiger partial charge in [-0.15, -0.1) is 6.42 Å². The Hall–Kier alpha value is -7.72. The summed E-state index contributed by atoms with van der Waals surface area (Å²) in [5.41, 5.74) is 11.9. The number of carbonyl (C=O) groups excluding carboxylic acids is 7. The second kappa shape index (κ2) is 31.3. The van der Waals surface area contributed by atoms with Crippen LogP contribution in [0.5, 0.6) is 0 Å². The van der Waals surface area contributed by atoms with Crippen LogP contribution in [-0.4, -0.2) is 153 Å². The molecular weight excluding hydrogens is 1110 g/mol. The number of nitrogens with zero attached hydrogens (tertiary/aromatic N) is 1. The van der Waals surface area contributed by atoms with E-state index in [1.165, 1.54) is 13.8 Å². The van der Waals surface area contributed by atoms with E-state index in [2.05, 4.69) is 60.4 Å². The van der Waals surface area contributed by atoms with Crippen LogP contribution in [-0.2, 0) is 59.2 Å². The number of amidine groups is 1. The number of amides is 7. The molecule has 4 aromatic carbocycles. The SMILES string of the molecule is C#Cc1ccc2c(c1)CC(C)C(NCCCC[C@@H]1NC(=O)[C@@H](Cc3c[nH]c4ccccc34)NC(=O)[C@H](Cc3ccccc3)NC(=O)[C@@H](NC(=O)[C@H](N)Cc3ccccc3)CSSC[C@@H](C(=O)NC(CO)C(C)O)NC(=O)[C@H]([C@@H](C)O)NC1=O)=N2. The van der Waals surface area contributed by atoms with Crippen LogP contribution in [0.15, 0.2) is 114 Å². The van der Waals surface area contributed by atoms with Crippen LogP contribution < -0.4 is 48.3 Å². The maximum Gasteiger partial charge on any atom is 0.245 e. The summed E-state index contributed by atoms with van der Waals surface area (Å²) in [5.74, 6) is -2.59. The summed E-state index contributed by atoms with van der Waals surface area (Å²) >= 11 is 0. The van der Waals surface area contributed by atoms with Gasteiger partial charge in [-0.2, -0.15) is 0 Å². The van der Waals surface area contributed by atoms with E-state index >= 15 is 4.79 Å². The van der Waals surface area contributed by atoms with E-state index in [-0.39, 0.29) is 43.1 Å². The number of hydrogen-bond donors (Lipinski definition) is 13. The van der Waals surface area contributed by atoms with Crippen LogP contribution in [0.2, 0.25) is 0 Å². The molecule has 14 N–H and O–H groups in total. The predicted molar refractivity (Wildman–Crippen MR) is 325 cm³/mol. The summed E-state index contributed by atoms with van der Waals surface area (Å²) in [4.78, 5) is 110. The van der Waals surface area contributed by atoms with Gasteiger partial charge in [-0.05, 0) is 92.5 Å². The van der Waals surface area contributed by atoms with Crippen LogP contribution in [0.4, 0.5) is 5.69 Å². The van der Waals surface area contributed by atoms with Crippen LogP contribution in [0.3, 0.4) is 0 Å². The van der Waals surface area contributed by atoms with Crippen molar-refractivity contribution in [2.45, 2.75) is 126 Å². The average Bonchev–Trinajstić information content (AvgIpc) is 4.10. The second-order valence-corrected chi connectivity index (χ2v) is 23.8.